The van der Waals surface area contributed by atoms with Crippen LogP contribution in [0.15, 0.2) is 47.4 Å². The Kier molecular flexibility index (Phi) is 2.30. The Morgan fingerprint density at radius 2 is 1.94 bits per heavy atom. The molecule has 0 saturated heterocycles. The second-order valence-electron chi connectivity index (χ2n) is 3.80. The number of nitrogens with zero attached hydrogens (tertiary/aromatic N) is 2. The van der Waals surface area contributed by atoms with Crippen LogP contribution in [0.4, 0.5) is 0 Å². The van der Waals surface area contributed by atoms with Gasteiger partial charge in [-0.25, -0.2) is 9.97 Å². The van der Waals surface area contributed by atoms with Crippen LogP contribution in [0, 0.1) is 0 Å². The zero-order valence-electron chi connectivity index (χ0n) is 9.29. The Bertz CT molecular complexity index is 780. The van der Waals surface area contributed by atoms with E-state index in [0.29, 0.717) is 16.9 Å². The zero-order valence-corrected chi connectivity index (χ0v) is 9.29. The summed E-state index contributed by atoms with van der Waals surface area (Å²) in [6, 6.07) is 10.1. The Hall–Kier alpha value is -2.69. The van der Waals surface area contributed by atoms with Gasteiger partial charge in [0.15, 0.2) is 5.52 Å². The van der Waals surface area contributed by atoms with Gasteiger partial charge < -0.3 is 10.1 Å². The molecule has 0 radical (unpaired) electrons. The van der Waals surface area contributed by atoms with Crippen LogP contribution in [0.25, 0.3) is 22.4 Å². The number of aromatic hydroxyl groups is 1. The van der Waals surface area contributed by atoms with Crippen molar-refractivity contribution >= 4 is 11.0 Å². The standard InChI is InChI=1S/C13H9N3O2/c17-10-6-2-1-4-8(10)12-15-9-5-3-7-14-11(9)13(18)16-12/h1-7,17H,(H,15,16,18). The predicted octanol–water partition coefficient (Wildman–Crippen LogP) is 1.69. The lowest BCUT2D eigenvalue weighted by Gasteiger charge is -2.04. The molecule has 0 unspecified atom stereocenters. The lowest BCUT2D eigenvalue weighted by Crippen LogP contribution is -2.10. The molecular formula is C13H9N3O2. The summed E-state index contributed by atoms with van der Waals surface area (Å²) in [5.74, 6) is 0.405. The summed E-state index contributed by atoms with van der Waals surface area (Å²) in [5, 5.41) is 9.75. The first kappa shape index (κ1) is 10.5. The van der Waals surface area contributed by atoms with Crippen LogP contribution in [0.3, 0.4) is 0 Å². The molecule has 0 fully saturated rings. The maximum atomic E-state index is 11.8. The minimum Gasteiger partial charge on any atom is -0.507 e. The van der Waals surface area contributed by atoms with E-state index in [-0.39, 0.29) is 16.8 Å². The van der Waals surface area contributed by atoms with Crippen molar-refractivity contribution in [1.29, 1.82) is 0 Å². The second-order valence-corrected chi connectivity index (χ2v) is 3.80. The molecule has 88 valence electrons. The van der Waals surface area contributed by atoms with Crippen molar-refractivity contribution in [2.24, 2.45) is 0 Å². The molecule has 0 bridgehead atoms. The minimum absolute atomic E-state index is 0.0730. The largest absolute Gasteiger partial charge is 0.507 e. The van der Waals surface area contributed by atoms with E-state index in [9.17, 15) is 9.90 Å². The Balaban J connectivity index is 2.32. The molecule has 0 aliphatic rings. The third-order valence-corrected chi connectivity index (χ3v) is 2.62. The van der Waals surface area contributed by atoms with Crippen LogP contribution in [-0.4, -0.2) is 20.1 Å². The van der Waals surface area contributed by atoms with Gasteiger partial charge in [-0.15, -0.1) is 0 Å². The number of para-hydroxylation sites is 1. The van der Waals surface area contributed by atoms with E-state index < -0.39 is 0 Å². The summed E-state index contributed by atoms with van der Waals surface area (Å²) >= 11 is 0. The van der Waals surface area contributed by atoms with Gasteiger partial charge in [0.05, 0.1) is 11.1 Å². The van der Waals surface area contributed by atoms with E-state index in [1.807, 2.05) is 0 Å². The molecule has 0 spiro atoms. The van der Waals surface area contributed by atoms with Gasteiger partial charge in [-0.3, -0.25) is 4.79 Å². The van der Waals surface area contributed by atoms with Gasteiger partial charge in [-0.2, -0.15) is 0 Å². The Morgan fingerprint density at radius 1 is 1.11 bits per heavy atom. The van der Waals surface area contributed by atoms with Gasteiger partial charge in [-0.05, 0) is 24.3 Å². The van der Waals surface area contributed by atoms with E-state index in [0.717, 1.165) is 0 Å². The molecule has 0 amide bonds. The first-order valence-electron chi connectivity index (χ1n) is 5.39. The van der Waals surface area contributed by atoms with Crippen molar-refractivity contribution in [3.63, 3.8) is 0 Å². The van der Waals surface area contributed by atoms with Gasteiger partial charge >= 0.3 is 0 Å². The number of H-pyrrole nitrogens is 1. The van der Waals surface area contributed by atoms with Crippen LogP contribution in [0.2, 0.25) is 0 Å². The second kappa shape index (κ2) is 3.96. The van der Waals surface area contributed by atoms with Gasteiger partial charge in [0.2, 0.25) is 0 Å². The molecule has 1 aromatic carbocycles. The highest BCUT2D eigenvalue weighted by Crippen LogP contribution is 2.25. The number of rotatable bonds is 1. The molecular weight excluding hydrogens is 230 g/mol. The van der Waals surface area contributed by atoms with Crippen molar-refractivity contribution in [3.05, 3.63) is 52.9 Å². The van der Waals surface area contributed by atoms with E-state index in [4.69, 9.17) is 0 Å². The summed E-state index contributed by atoms with van der Waals surface area (Å²) in [5.41, 5.74) is 0.954. The molecule has 3 aromatic rings. The molecule has 3 rings (SSSR count). The average molecular weight is 239 g/mol. The first-order valence-corrected chi connectivity index (χ1v) is 5.39. The first-order chi connectivity index (χ1) is 8.75. The minimum atomic E-state index is -0.321. The Morgan fingerprint density at radius 3 is 2.78 bits per heavy atom. The summed E-state index contributed by atoms with van der Waals surface area (Å²) < 4.78 is 0. The SMILES string of the molecule is O=c1[nH]c(-c2ccccc2O)nc2cccnc12. The number of hydrogen-bond donors (Lipinski definition) is 2. The van der Waals surface area contributed by atoms with Crippen molar-refractivity contribution in [3.8, 4) is 17.1 Å². The summed E-state index contributed by atoms with van der Waals surface area (Å²) in [7, 11) is 0. The monoisotopic (exact) mass is 239 g/mol. The molecule has 2 heterocycles. The van der Waals surface area contributed by atoms with Crippen molar-refractivity contribution in [2.75, 3.05) is 0 Å². The van der Waals surface area contributed by atoms with Gasteiger partial charge in [0.25, 0.3) is 5.56 Å². The van der Waals surface area contributed by atoms with E-state index in [1.54, 1.807) is 42.6 Å². The Labute approximate surface area is 102 Å². The highest BCUT2D eigenvalue weighted by Gasteiger charge is 2.09. The maximum Gasteiger partial charge on any atom is 0.277 e. The van der Waals surface area contributed by atoms with Gasteiger partial charge in [-0.1, -0.05) is 12.1 Å². The van der Waals surface area contributed by atoms with Crippen LogP contribution in [0.1, 0.15) is 0 Å². The number of benzene rings is 1. The van der Waals surface area contributed by atoms with Gasteiger partial charge in [0, 0.05) is 6.20 Å². The number of hydrogen-bond acceptors (Lipinski definition) is 4. The smallest absolute Gasteiger partial charge is 0.277 e. The van der Waals surface area contributed by atoms with Crippen LogP contribution in [-0.2, 0) is 0 Å². The molecule has 5 heteroatoms. The van der Waals surface area contributed by atoms with Crippen LogP contribution in [0.5, 0.6) is 5.75 Å². The highest BCUT2D eigenvalue weighted by atomic mass is 16.3. The lowest BCUT2D eigenvalue weighted by molar-refractivity contribution is 0.477. The summed E-state index contributed by atoms with van der Waals surface area (Å²) in [4.78, 5) is 22.7. The fraction of sp³-hybridized carbons (Fsp3) is 0. The summed E-state index contributed by atoms with van der Waals surface area (Å²) in [6.07, 6.45) is 1.54. The molecule has 2 aromatic heterocycles. The molecule has 5 nitrogen and oxygen atoms in total. The number of pyridine rings is 1. The van der Waals surface area contributed by atoms with E-state index >= 15 is 0 Å². The number of phenols is 1. The van der Waals surface area contributed by atoms with Crippen molar-refractivity contribution in [2.45, 2.75) is 0 Å². The fourth-order valence-corrected chi connectivity index (χ4v) is 1.78. The lowest BCUT2D eigenvalue weighted by atomic mass is 10.2. The van der Waals surface area contributed by atoms with Crippen molar-refractivity contribution < 1.29 is 5.11 Å². The third-order valence-electron chi connectivity index (χ3n) is 2.62. The molecule has 18 heavy (non-hydrogen) atoms. The normalized spacial score (nSPS) is 10.7. The number of nitrogens with one attached hydrogen (secondary N) is 1. The fourth-order valence-electron chi connectivity index (χ4n) is 1.78. The molecule has 0 aliphatic heterocycles. The summed E-state index contributed by atoms with van der Waals surface area (Å²) in [6.45, 7) is 0. The average Bonchev–Trinajstić information content (AvgIpc) is 2.39. The number of phenolic OH excluding ortho intramolecular Hbond substituents is 1. The number of aromatic amines is 1. The molecule has 0 saturated carbocycles. The maximum absolute atomic E-state index is 11.8. The topological polar surface area (TPSA) is 78.9 Å². The zero-order chi connectivity index (χ0) is 12.5. The third kappa shape index (κ3) is 1.62. The highest BCUT2D eigenvalue weighted by molar-refractivity contribution is 5.76. The van der Waals surface area contributed by atoms with Gasteiger partial charge in [0.1, 0.15) is 11.6 Å². The predicted molar refractivity (Wildman–Crippen MR) is 67.3 cm³/mol. The number of fused-ring (bicyclic) bond motifs is 1. The molecule has 2 N–H and O–H groups in total. The molecule has 0 atom stereocenters. The van der Waals surface area contributed by atoms with Crippen LogP contribution < -0.4 is 5.56 Å². The van der Waals surface area contributed by atoms with Crippen molar-refractivity contribution in [1.82, 2.24) is 15.0 Å². The number of aromatic nitrogens is 3. The molecule has 0 aliphatic carbocycles. The van der Waals surface area contributed by atoms with Crippen LogP contribution >= 0.6 is 0 Å². The van der Waals surface area contributed by atoms with E-state index in [1.165, 1.54) is 0 Å². The van der Waals surface area contributed by atoms with E-state index in [2.05, 4.69) is 15.0 Å². The quantitative estimate of drug-likeness (QED) is 0.677.